The summed E-state index contributed by atoms with van der Waals surface area (Å²) >= 11 is 0. The van der Waals surface area contributed by atoms with Gasteiger partial charge < -0.3 is 11.1 Å². The summed E-state index contributed by atoms with van der Waals surface area (Å²) in [4.78, 5) is 13.4. The van der Waals surface area contributed by atoms with E-state index in [4.69, 9.17) is 5.73 Å². The predicted molar refractivity (Wildman–Crippen MR) is 69.4 cm³/mol. The second-order valence-electron chi connectivity index (χ2n) is 4.00. The zero-order valence-electron chi connectivity index (χ0n) is 10.6. The first-order valence-electron chi connectivity index (χ1n) is 5.90. The second-order valence-corrected chi connectivity index (χ2v) is 4.00. The van der Waals surface area contributed by atoms with Gasteiger partial charge in [-0.3, -0.25) is 9.69 Å². The summed E-state index contributed by atoms with van der Waals surface area (Å²) in [6.07, 6.45) is 0. The van der Waals surface area contributed by atoms with Crippen LogP contribution in [0.15, 0.2) is 24.3 Å². The maximum Gasteiger partial charge on any atom is 0.233 e. The molecule has 0 spiro atoms. The fraction of sp³-hybridized carbons (Fsp3) is 0.462. The Labute approximate surface area is 103 Å². The van der Waals surface area contributed by atoms with Gasteiger partial charge in [-0.25, -0.2) is 0 Å². The number of hydrogen-bond donors (Lipinski definition) is 2. The third kappa shape index (κ3) is 4.54. The smallest absolute Gasteiger partial charge is 0.233 e. The van der Waals surface area contributed by atoms with Crippen LogP contribution >= 0.6 is 0 Å². The monoisotopic (exact) mass is 235 g/mol. The molecule has 1 aromatic carbocycles. The summed E-state index contributed by atoms with van der Waals surface area (Å²) < 4.78 is 0. The molecule has 0 aliphatic carbocycles. The maximum absolute atomic E-state index is 11.3. The lowest BCUT2D eigenvalue weighted by molar-refractivity contribution is -0.121. The summed E-state index contributed by atoms with van der Waals surface area (Å²) in [7, 11) is 1.66. The van der Waals surface area contributed by atoms with Gasteiger partial charge in [-0.2, -0.15) is 0 Å². The van der Waals surface area contributed by atoms with Crippen LogP contribution in [0.4, 0.5) is 0 Å². The van der Waals surface area contributed by atoms with Crippen LogP contribution in [0.1, 0.15) is 18.1 Å². The van der Waals surface area contributed by atoms with Gasteiger partial charge in [0.1, 0.15) is 0 Å². The van der Waals surface area contributed by atoms with Crippen molar-refractivity contribution in [1.29, 1.82) is 0 Å². The molecule has 3 N–H and O–H groups in total. The van der Waals surface area contributed by atoms with Crippen LogP contribution in [-0.4, -0.2) is 30.9 Å². The van der Waals surface area contributed by atoms with Crippen LogP contribution in [0.2, 0.25) is 0 Å². The van der Waals surface area contributed by atoms with E-state index in [-0.39, 0.29) is 5.91 Å². The van der Waals surface area contributed by atoms with Crippen LogP contribution in [0, 0.1) is 0 Å². The van der Waals surface area contributed by atoms with E-state index in [0.29, 0.717) is 13.1 Å². The Morgan fingerprint density at radius 1 is 1.29 bits per heavy atom. The van der Waals surface area contributed by atoms with Gasteiger partial charge in [0, 0.05) is 20.1 Å². The number of carbonyl (C=O) groups excluding carboxylic acids is 1. The third-order valence-corrected chi connectivity index (χ3v) is 2.76. The van der Waals surface area contributed by atoms with E-state index in [2.05, 4.69) is 29.3 Å². The maximum atomic E-state index is 11.3. The molecule has 0 saturated heterocycles. The number of benzene rings is 1. The molecule has 0 aliphatic heterocycles. The lowest BCUT2D eigenvalue weighted by atomic mass is 10.1. The summed E-state index contributed by atoms with van der Waals surface area (Å²) in [6.45, 7) is 4.69. The minimum Gasteiger partial charge on any atom is -0.358 e. The quantitative estimate of drug-likeness (QED) is 0.763. The molecule has 0 saturated carbocycles. The minimum absolute atomic E-state index is 0.0467. The van der Waals surface area contributed by atoms with Crippen molar-refractivity contribution >= 4 is 5.91 Å². The van der Waals surface area contributed by atoms with E-state index in [0.717, 1.165) is 18.7 Å². The number of nitrogens with zero attached hydrogens (tertiary/aromatic N) is 1. The van der Waals surface area contributed by atoms with Gasteiger partial charge in [-0.15, -0.1) is 0 Å². The lowest BCUT2D eigenvalue weighted by Crippen LogP contribution is -2.35. The summed E-state index contributed by atoms with van der Waals surface area (Å²) in [5.41, 5.74) is 7.88. The van der Waals surface area contributed by atoms with Crippen molar-refractivity contribution in [2.45, 2.75) is 20.0 Å². The van der Waals surface area contributed by atoms with E-state index in [1.54, 1.807) is 7.05 Å². The fourth-order valence-corrected chi connectivity index (χ4v) is 1.60. The molecular weight excluding hydrogens is 214 g/mol. The minimum atomic E-state index is 0.0467. The Balaban J connectivity index is 2.57. The van der Waals surface area contributed by atoms with Crippen LogP contribution in [0.25, 0.3) is 0 Å². The molecule has 0 radical (unpaired) electrons. The number of hydrogen-bond acceptors (Lipinski definition) is 3. The molecule has 1 aromatic rings. The van der Waals surface area contributed by atoms with E-state index in [1.165, 1.54) is 5.56 Å². The molecule has 0 aliphatic rings. The highest BCUT2D eigenvalue weighted by Crippen LogP contribution is 2.07. The first-order valence-corrected chi connectivity index (χ1v) is 5.90. The summed E-state index contributed by atoms with van der Waals surface area (Å²) in [5.74, 6) is 0.0467. The zero-order chi connectivity index (χ0) is 12.7. The van der Waals surface area contributed by atoms with Crippen molar-refractivity contribution in [1.82, 2.24) is 10.2 Å². The van der Waals surface area contributed by atoms with Gasteiger partial charge in [0.15, 0.2) is 0 Å². The first-order chi connectivity index (χ1) is 8.19. The molecule has 0 fully saturated rings. The standard InChI is InChI=1S/C13H21N3O/c1-3-16(10-13(17)15-2)9-12-6-4-11(8-14)5-7-12/h4-7H,3,8-10,14H2,1-2H3,(H,15,17). The van der Waals surface area contributed by atoms with Gasteiger partial charge in [0.25, 0.3) is 0 Å². The fourth-order valence-electron chi connectivity index (χ4n) is 1.60. The highest BCUT2D eigenvalue weighted by Gasteiger charge is 2.07. The van der Waals surface area contributed by atoms with Crippen LogP contribution in [-0.2, 0) is 17.9 Å². The molecule has 94 valence electrons. The summed E-state index contributed by atoms with van der Waals surface area (Å²) in [5, 5.41) is 2.64. The van der Waals surface area contributed by atoms with E-state index in [1.807, 2.05) is 12.1 Å². The van der Waals surface area contributed by atoms with Gasteiger partial charge >= 0.3 is 0 Å². The summed E-state index contributed by atoms with van der Waals surface area (Å²) in [6, 6.07) is 8.19. The van der Waals surface area contributed by atoms with Crippen LogP contribution < -0.4 is 11.1 Å². The molecule has 0 bridgehead atoms. The molecule has 0 atom stereocenters. The number of amides is 1. The van der Waals surface area contributed by atoms with Crippen molar-refractivity contribution in [3.63, 3.8) is 0 Å². The number of nitrogens with one attached hydrogen (secondary N) is 1. The van der Waals surface area contributed by atoms with Crippen molar-refractivity contribution in [2.75, 3.05) is 20.1 Å². The van der Waals surface area contributed by atoms with Crippen molar-refractivity contribution < 1.29 is 4.79 Å². The highest BCUT2D eigenvalue weighted by atomic mass is 16.1. The lowest BCUT2D eigenvalue weighted by Gasteiger charge is -2.19. The predicted octanol–water partition coefficient (Wildman–Crippen LogP) is 0.713. The number of likely N-dealkylation sites (N-methyl/N-ethyl adjacent to an activating group) is 2. The molecule has 0 heterocycles. The first kappa shape index (κ1) is 13.7. The largest absolute Gasteiger partial charge is 0.358 e. The molecule has 4 heteroatoms. The Kier molecular flexibility index (Phi) is 5.66. The van der Waals surface area contributed by atoms with Crippen molar-refractivity contribution in [2.24, 2.45) is 5.73 Å². The van der Waals surface area contributed by atoms with E-state index >= 15 is 0 Å². The Morgan fingerprint density at radius 2 is 1.88 bits per heavy atom. The highest BCUT2D eigenvalue weighted by molar-refractivity contribution is 5.77. The van der Waals surface area contributed by atoms with Gasteiger partial charge in [-0.1, -0.05) is 31.2 Å². The number of rotatable bonds is 6. The average Bonchev–Trinajstić information content (AvgIpc) is 2.38. The average molecular weight is 235 g/mol. The molecular formula is C13H21N3O. The Hall–Kier alpha value is -1.39. The van der Waals surface area contributed by atoms with Crippen molar-refractivity contribution in [3.8, 4) is 0 Å². The molecule has 0 unspecified atom stereocenters. The van der Waals surface area contributed by atoms with Crippen LogP contribution in [0.5, 0.6) is 0 Å². The zero-order valence-corrected chi connectivity index (χ0v) is 10.6. The van der Waals surface area contributed by atoms with Crippen LogP contribution in [0.3, 0.4) is 0 Å². The van der Waals surface area contributed by atoms with Crippen molar-refractivity contribution in [3.05, 3.63) is 35.4 Å². The van der Waals surface area contributed by atoms with Gasteiger partial charge in [0.2, 0.25) is 5.91 Å². The van der Waals surface area contributed by atoms with Gasteiger partial charge in [-0.05, 0) is 17.7 Å². The SMILES string of the molecule is CCN(CC(=O)NC)Cc1ccc(CN)cc1. The molecule has 1 rings (SSSR count). The normalized spacial score (nSPS) is 10.6. The molecule has 0 aromatic heterocycles. The Morgan fingerprint density at radius 3 is 2.35 bits per heavy atom. The number of carbonyl (C=O) groups is 1. The van der Waals surface area contributed by atoms with Gasteiger partial charge in [0.05, 0.1) is 6.54 Å². The Bertz CT molecular complexity index is 348. The number of nitrogens with two attached hydrogens (primary N) is 1. The molecule has 4 nitrogen and oxygen atoms in total. The third-order valence-electron chi connectivity index (χ3n) is 2.76. The second kappa shape index (κ2) is 7.04. The molecule has 17 heavy (non-hydrogen) atoms. The topological polar surface area (TPSA) is 58.4 Å². The van der Waals surface area contributed by atoms with E-state index in [9.17, 15) is 4.79 Å². The molecule has 1 amide bonds. The van der Waals surface area contributed by atoms with E-state index < -0.39 is 0 Å².